The van der Waals surface area contributed by atoms with Crippen LogP contribution in [0.4, 0.5) is 0 Å². The third-order valence-corrected chi connectivity index (χ3v) is 8.19. The molecule has 1 atom stereocenters. The predicted molar refractivity (Wildman–Crippen MR) is 91.1 cm³/mol. The number of hydrogen-bond donors (Lipinski definition) is 2. The van der Waals surface area contributed by atoms with Gasteiger partial charge in [-0.2, -0.15) is 23.5 Å². The maximum absolute atomic E-state index is 12.3. The van der Waals surface area contributed by atoms with Crippen molar-refractivity contribution in [3.63, 3.8) is 0 Å². The molecule has 1 saturated heterocycles. The van der Waals surface area contributed by atoms with Gasteiger partial charge in [0.05, 0.1) is 11.6 Å². The smallest absolute Gasteiger partial charge is 0.242 e. The number of benzene rings is 1. The molecule has 0 amide bonds. The van der Waals surface area contributed by atoms with E-state index < -0.39 is 16.6 Å². The van der Waals surface area contributed by atoms with Gasteiger partial charge in [-0.05, 0) is 12.1 Å². The van der Waals surface area contributed by atoms with Crippen LogP contribution in [0.3, 0.4) is 0 Å². The van der Waals surface area contributed by atoms with Crippen LogP contribution >= 0.6 is 46.7 Å². The van der Waals surface area contributed by atoms with E-state index in [0.29, 0.717) is 6.54 Å². The van der Waals surface area contributed by atoms with Crippen molar-refractivity contribution in [2.75, 3.05) is 23.8 Å². The molecule has 1 aromatic rings. The van der Waals surface area contributed by atoms with Crippen LogP contribution in [-0.4, -0.2) is 42.6 Å². The second-order valence-corrected chi connectivity index (χ2v) is 9.49. The summed E-state index contributed by atoms with van der Waals surface area (Å²) in [6, 6.07) is 2.79. The molecule has 9 heteroatoms. The number of halogens is 2. The third kappa shape index (κ3) is 4.43. The van der Waals surface area contributed by atoms with Crippen molar-refractivity contribution in [1.29, 1.82) is 0 Å². The molecule has 0 aliphatic carbocycles. The summed E-state index contributed by atoms with van der Waals surface area (Å²) < 4.78 is 27.3. The summed E-state index contributed by atoms with van der Waals surface area (Å²) in [5.41, 5.74) is 0.226. The van der Waals surface area contributed by atoms with E-state index in [0.717, 1.165) is 17.3 Å². The van der Waals surface area contributed by atoms with Crippen molar-refractivity contribution in [2.24, 2.45) is 0 Å². The highest BCUT2D eigenvalue weighted by Gasteiger charge is 2.23. The van der Waals surface area contributed by atoms with Crippen LogP contribution in [0, 0.1) is 0 Å². The highest BCUT2D eigenvalue weighted by molar-refractivity contribution is 8.06. The van der Waals surface area contributed by atoms with Gasteiger partial charge in [0.25, 0.3) is 0 Å². The second kappa shape index (κ2) is 7.77. The standard InChI is InChI=1S/C12H15Cl2NO3S3/c13-10-1-2-11(12(14)9(10)6-16)21(17,18)15-5-8-7-19-3-4-20-8/h1-2,8,15-16H,3-7H2. The average molecular weight is 388 g/mol. The van der Waals surface area contributed by atoms with Crippen LogP contribution in [0.25, 0.3) is 0 Å². The van der Waals surface area contributed by atoms with Gasteiger partial charge in [-0.1, -0.05) is 23.2 Å². The molecule has 118 valence electrons. The summed E-state index contributed by atoms with van der Waals surface area (Å²) in [6.45, 7) is -0.0381. The Morgan fingerprint density at radius 2 is 2.10 bits per heavy atom. The molecule has 2 rings (SSSR count). The SMILES string of the molecule is O=S(=O)(NCC1CSCCS1)c1ccc(Cl)c(CO)c1Cl. The Kier molecular flexibility index (Phi) is 6.55. The Labute approximate surface area is 143 Å². The first-order chi connectivity index (χ1) is 9.95. The molecular formula is C12H15Cl2NO3S3. The molecule has 2 N–H and O–H groups in total. The zero-order chi connectivity index (χ0) is 15.5. The number of aliphatic hydroxyl groups is 1. The van der Waals surface area contributed by atoms with Crippen molar-refractivity contribution >= 4 is 56.7 Å². The molecule has 1 aliphatic rings. The van der Waals surface area contributed by atoms with Crippen molar-refractivity contribution in [1.82, 2.24) is 4.72 Å². The molecule has 21 heavy (non-hydrogen) atoms. The summed E-state index contributed by atoms with van der Waals surface area (Å²) in [4.78, 5) is -0.0499. The van der Waals surface area contributed by atoms with Gasteiger partial charge in [0.2, 0.25) is 10.0 Å². The van der Waals surface area contributed by atoms with Crippen LogP contribution in [-0.2, 0) is 16.6 Å². The molecule has 1 heterocycles. The maximum Gasteiger partial charge on any atom is 0.242 e. The molecule has 1 unspecified atom stereocenters. The largest absolute Gasteiger partial charge is 0.392 e. The fourth-order valence-electron chi connectivity index (χ4n) is 1.86. The van der Waals surface area contributed by atoms with E-state index in [1.165, 1.54) is 12.1 Å². The molecule has 0 saturated carbocycles. The van der Waals surface area contributed by atoms with Gasteiger partial charge < -0.3 is 5.11 Å². The summed E-state index contributed by atoms with van der Waals surface area (Å²) in [5.74, 6) is 3.08. The van der Waals surface area contributed by atoms with Crippen molar-refractivity contribution < 1.29 is 13.5 Å². The Morgan fingerprint density at radius 1 is 1.33 bits per heavy atom. The van der Waals surface area contributed by atoms with Crippen molar-refractivity contribution in [2.45, 2.75) is 16.8 Å². The summed E-state index contributed by atoms with van der Waals surface area (Å²) in [5, 5.41) is 9.72. The van der Waals surface area contributed by atoms with Gasteiger partial charge in [-0.3, -0.25) is 0 Å². The minimum Gasteiger partial charge on any atom is -0.392 e. The first-order valence-electron chi connectivity index (χ1n) is 6.22. The minimum absolute atomic E-state index is 0.0248. The fraction of sp³-hybridized carbons (Fsp3) is 0.500. The highest BCUT2D eigenvalue weighted by atomic mass is 35.5. The summed E-state index contributed by atoms with van der Waals surface area (Å²) in [6.07, 6.45) is 0. The van der Waals surface area contributed by atoms with E-state index in [4.69, 9.17) is 23.2 Å². The zero-order valence-electron chi connectivity index (χ0n) is 11.0. The Morgan fingerprint density at radius 3 is 2.71 bits per heavy atom. The average Bonchev–Trinajstić information content (AvgIpc) is 2.46. The first-order valence-corrected chi connectivity index (χ1v) is 10.7. The second-order valence-electron chi connectivity index (χ2n) is 4.42. The van der Waals surface area contributed by atoms with E-state index in [1.807, 2.05) is 11.8 Å². The first kappa shape index (κ1) is 17.7. The lowest BCUT2D eigenvalue weighted by atomic mass is 10.2. The van der Waals surface area contributed by atoms with Crippen LogP contribution < -0.4 is 4.72 Å². The predicted octanol–water partition coefficient (Wildman–Crippen LogP) is 2.61. The van der Waals surface area contributed by atoms with Crippen LogP contribution in [0.2, 0.25) is 10.0 Å². The number of aliphatic hydroxyl groups excluding tert-OH is 1. The van der Waals surface area contributed by atoms with Crippen LogP contribution in [0.15, 0.2) is 17.0 Å². The molecule has 0 spiro atoms. The van der Waals surface area contributed by atoms with Gasteiger partial charge in [0.1, 0.15) is 4.90 Å². The molecular weight excluding hydrogens is 373 g/mol. The number of rotatable bonds is 5. The summed E-state index contributed by atoms with van der Waals surface area (Å²) >= 11 is 15.5. The van der Waals surface area contributed by atoms with Crippen molar-refractivity contribution in [3.8, 4) is 0 Å². The van der Waals surface area contributed by atoms with Gasteiger partial charge in [-0.25, -0.2) is 13.1 Å². The van der Waals surface area contributed by atoms with E-state index >= 15 is 0 Å². The Hall–Kier alpha value is 0.370. The topological polar surface area (TPSA) is 66.4 Å². The van der Waals surface area contributed by atoms with Crippen molar-refractivity contribution in [3.05, 3.63) is 27.7 Å². The lowest BCUT2D eigenvalue weighted by Gasteiger charge is -2.21. The Bertz CT molecular complexity index is 604. The molecule has 1 aromatic carbocycles. The van der Waals surface area contributed by atoms with Gasteiger partial charge in [0, 0.05) is 39.6 Å². The molecule has 0 radical (unpaired) electrons. The number of thioether (sulfide) groups is 2. The van der Waals surface area contributed by atoms with Gasteiger partial charge in [0.15, 0.2) is 0 Å². The molecule has 0 aromatic heterocycles. The van der Waals surface area contributed by atoms with Gasteiger partial charge in [-0.15, -0.1) is 0 Å². The monoisotopic (exact) mass is 387 g/mol. The van der Waals surface area contributed by atoms with E-state index in [1.54, 1.807) is 11.8 Å². The quantitative estimate of drug-likeness (QED) is 0.812. The molecule has 0 bridgehead atoms. The van der Waals surface area contributed by atoms with Gasteiger partial charge >= 0.3 is 0 Å². The fourth-order valence-corrected chi connectivity index (χ4v) is 6.56. The normalized spacial score (nSPS) is 19.7. The zero-order valence-corrected chi connectivity index (χ0v) is 15.0. The van der Waals surface area contributed by atoms with E-state index in [9.17, 15) is 13.5 Å². The van der Waals surface area contributed by atoms with E-state index in [2.05, 4.69) is 4.72 Å². The van der Waals surface area contributed by atoms with E-state index in [-0.39, 0.29) is 25.8 Å². The molecule has 1 aliphatic heterocycles. The lowest BCUT2D eigenvalue weighted by molar-refractivity contribution is 0.281. The third-order valence-electron chi connectivity index (χ3n) is 2.98. The number of hydrogen-bond acceptors (Lipinski definition) is 5. The molecule has 1 fully saturated rings. The highest BCUT2D eigenvalue weighted by Crippen LogP contribution is 2.31. The summed E-state index contributed by atoms with van der Waals surface area (Å²) in [7, 11) is -3.71. The minimum atomic E-state index is -3.71. The molecule has 4 nitrogen and oxygen atoms in total. The Balaban J connectivity index is 2.15. The van der Waals surface area contributed by atoms with Crippen LogP contribution in [0.5, 0.6) is 0 Å². The number of sulfonamides is 1. The maximum atomic E-state index is 12.3. The lowest BCUT2D eigenvalue weighted by Crippen LogP contribution is -2.33. The van der Waals surface area contributed by atoms with Crippen LogP contribution in [0.1, 0.15) is 5.56 Å². The number of nitrogens with one attached hydrogen (secondary N) is 1.